The van der Waals surface area contributed by atoms with Gasteiger partial charge < -0.3 is 10.5 Å². The lowest BCUT2D eigenvalue weighted by Gasteiger charge is -2.15. The zero-order valence-corrected chi connectivity index (χ0v) is 11.0. The normalized spacial score (nSPS) is 12.2. The summed E-state index contributed by atoms with van der Waals surface area (Å²) in [7, 11) is 0. The smallest absolute Gasteiger partial charge is 0.133 e. The molecule has 2 rings (SSSR count). The average Bonchev–Trinajstić information content (AvgIpc) is 2.43. The Bertz CT molecular complexity index is 528. The molecular weight excluding hydrogens is 241 g/mol. The van der Waals surface area contributed by atoms with Crippen molar-refractivity contribution in [3.8, 4) is 11.5 Å². The molecule has 19 heavy (non-hydrogen) atoms. The van der Waals surface area contributed by atoms with Crippen LogP contribution >= 0.6 is 0 Å². The van der Waals surface area contributed by atoms with Gasteiger partial charge >= 0.3 is 0 Å². The van der Waals surface area contributed by atoms with Gasteiger partial charge in [-0.05, 0) is 37.1 Å². The minimum atomic E-state index is -0.266. The summed E-state index contributed by atoms with van der Waals surface area (Å²) in [5.41, 5.74) is 6.46. The lowest BCUT2D eigenvalue weighted by Crippen LogP contribution is -2.22. The summed E-state index contributed by atoms with van der Waals surface area (Å²) < 4.78 is 19.7. The zero-order valence-electron chi connectivity index (χ0n) is 11.0. The Morgan fingerprint density at radius 3 is 2.53 bits per heavy atom. The van der Waals surface area contributed by atoms with Crippen molar-refractivity contribution < 1.29 is 9.13 Å². The molecule has 0 heterocycles. The van der Waals surface area contributed by atoms with Crippen molar-refractivity contribution in [1.82, 2.24) is 0 Å². The summed E-state index contributed by atoms with van der Waals surface area (Å²) in [6, 6.07) is 14.2. The highest BCUT2D eigenvalue weighted by molar-refractivity contribution is 5.39. The summed E-state index contributed by atoms with van der Waals surface area (Å²) in [6.45, 7) is 1.99. The van der Waals surface area contributed by atoms with Gasteiger partial charge in [0.2, 0.25) is 0 Å². The molecule has 0 spiro atoms. The Balaban J connectivity index is 2.27. The molecule has 0 bridgehead atoms. The van der Waals surface area contributed by atoms with Crippen molar-refractivity contribution in [2.75, 3.05) is 0 Å². The highest BCUT2D eigenvalue weighted by Gasteiger charge is 2.13. The molecule has 0 saturated heterocycles. The molecule has 1 unspecified atom stereocenters. The lowest BCUT2D eigenvalue weighted by atomic mass is 10.0. The summed E-state index contributed by atoms with van der Waals surface area (Å²) >= 11 is 0. The first-order chi connectivity index (χ1) is 9.20. The number of ether oxygens (including phenoxy) is 1. The lowest BCUT2D eigenvalue weighted by molar-refractivity contribution is 0.461. The van der Waals surface area contributed by atoms with Gasteiger partial charge in [-0.2, -0.15) is 0 Å². The Morgan fingerprint density at radius 1 is 1.11 bits per heavy atom. The highest BCUT2D eigenvalue weighted by Crippen LogP contribution is 2.28. The number of nitrogens with two attached hydrogens (primary N) is 1. The topological polar surface area (TPSA) is 35.2 Å². The van der Waals surface area contributed by atoms with Gasteiger partial charge in [-0.25, -0.2) is 4.39 Å². The Morgan fingerprint density at radius 2 is 1.84 bits per heavy atom. The van der Waals surface area contributed by atoms with Crippen LogP contribution in [0, 0.1) is 5.82 Å². The van der Waals surface area contributed by atoms with Gasteiger partial charge in [0.05, 0.1) is 0 Å². The second kappa shape index (κ2) is 6.34. The molecule has 2 nitrogen and oxygen atoms in total. The minimum Gasteiger partial charge on any atom is -0.457 e. The third kappa shape index (κ3) is 3.55. The van der Waals surface area contributed by atoms with Gasteiger partial charge in [-0.15, -0.1) is 0 Å². The molecule has 3 heteroatoms. The van der Waals surface area contributed by atoms with Crippen molar-refractivity contribution in [3.05, 3.63) is 59.9 Å². The molecule has 1 atom stereocenters. The number of para-hydroxylation sites is 1. The SMILES string of the molecule is CCC(N)Cc1c(F)cccc1Oc1ccccc1. The van der Waals surface area contributed by atoms with Crippen molar-refractivity contribution in [3.63, 3.8) is 0 Å². The van der Waals surface area contributed by atoms with Gasteiger partial charge in [0.25, 0.3) is 0 Å². The summed E-state index contributed by atoms with van der Waals surface area (Å²) in [6.07, 6.45) is 1.28. The van der Waals surface area contributed by atoms with Gasteiger partial charge in [0.1, 0.15) is 17.3 Å². The maximum Gasteiger partial charge on any atom is 0.133 e. The maximum absolute atomic E-state index is 13.9. The van der Waals surface area contributed by atoms with Crippen molar-refractivity contribution in [2.45, 2.75) is 25.8 Å². The summed E-state index contributed by atoms with van der Waals surface area (Å²) in [5.74, 6) is 0.965. The van der Waals surface area contributed by atoms with Crippen LogP contribution in [-0.4, -0.2) is 6.04 Å². The van der Waals surface area contributed by atoms with E-state index in [1.807, 2.05) is 37.3 Å². The molecule has 100 valence electrons. The second-order valence-electron chi connectivity index (χ2n) is 4.50. The first kappa shape index (κ1) is 13.6. The second-order valence-corrected chi connectivity index (χ2v) is 4.50. The van der Waals surface area contributed by atoms with Crippen LogP contribution in [-0.2, 0) is 6.42 Å². The first-order valence-corrected chi connectivity index (χ1v) is 6.46. The molecule has 0 radical (unpaired) electrons. The minimum absolute atomic E-state index is 0.0602. The number of halogens is 1. The molecule has 0 fully saturated rings. The summed E-state index contributed by atoms with van der Waals surface area (Å²) in [5, 5.41) is 0. The molecular formula is C16H18FNO. The van der Waals surface area contributed by atoms with Crippen molar-refractivity contribution in [2.24, 2.45) is 5.73 Å². The van der Waals surface area contributed by atoms with E-state index in [1.54, 1.807) is 12.1 Å². The number of hydrogen-bond donors (Lipinski definition) is 1. The van der Waals surface area contributed by atoms with E-state index in [0.29, 0.717) is 23.5 Å². The van der Waals surface area contributed by atoms with Crippen LogP contribution in [0.3, 0.4) is 0 Å². The van der Waals surface area contributed by atoms with Crippen molar-refractivity contribution in [1.29, 1.82) is 0 Å². The Labute approximate surface area is 113 Å². The van der Waals surface area contributed by atoms with E-state index in [-0.39, 0.29) is 11.9 Å². The van der Waals surface area contributed by atoms with Gasteiger partial charge in [-0.1, -0.05) is 31.2 Å². The van der Waals surface area contributed by atoms with Crippen LogP contribution in [0.1, 0.15) is 18.9 Å². The molecule has 0 aliphatic carbocycles. The van der Waals surface area contributed by atoms with Crippen LogP contribution in [0.4, 0.5) is 4.39 Å². The quantitative estimate of drug-likeness (QED) is 0.883. The fourth-order valence-corrected chi connectivity index (χ4v) is 1.85. The molecule has 2 aromatic rings. The third-order valence-corrected chi connectivity index (χ3v) is 3.04. The molecule has 0 aliphatic heterocycles. The molecule has 0 aliphatic rings. The predicted molar refractivity (Wildman–Crippen MR) is 74.9 cm³/mol. The zero-order chi connectivity index (χ0) is 13.7. The average molecular weight is 259 g/mol. The number of benzene rings is 2. The largest absolute Gasteiger partial charge is 0.457 e. The van der Waals surface area contributed by atoms with Gasteiger partial charge in [0.15, 0.2) is 0 Å². The van der Waals surface area contributed by atoms with E-state index >= 15 is 0 Å². The monoisotopic (exact) mass is 259 g/mol. The molecule has 0 saturated carbocycles. The number of rotatable bonds is 5. The standard InChI is InChI=1S/C16H18FNO/c1-2-12(18)11-14-15(17)9-6-10-16(14)19-13-7-4-3-5-8-13/h3-10,12H,2,11,18H2,1H3. The van der Waals surface area contributed by atoms with Crippen LogP contribution in [0.25, 0.3) is 0 Å². The molecule has 2 aromatic carbocycles. The molecule has 0 aromatic heterocycles. The predicted octanol–water partition coefficient (Wildman–Crippen LogP) is 3.90. The summed E-state index contributed by atoms with van der Waals surface area (Å²) in [4.78, 5) is 0. The van der Waals surface area contributed by atoms with E-state index in [0.717, 1.165) is 6.42 Å². The third-order valence-electron chi connectivity index (χ3n) is 3.04. The first-order valence-electron chi connectivity index (χ1n) is 6.46. The van der Waals surface area contributed by atoms with E-state index in [2.05, 4.69) is 0 Å². The fraction of sp³-hybridized carbons (Fsp3) is 0.250. The van der Waals surface area contributed by atoms with Gasteiger partial charge in [0, 0.05) is 11.6 Å². The van der Waals surface area contributed by atoms with Crippen LogP contribution in [0.15, 0.2) is 48.5 Å². The van der Waals surface area contributed by atoms with E-state index in [4.69, 9.17) is 10.5 Å². The Hall–Kier alpha value is -1.87. The van der Waals surface area contributed by atoms with Crippen LogP contribution in [0.2, 0.25) is 0 Å². The Kier molecular flexibility index (Phi) is 4.53. The van der Waals surface area contributed by atoms with E-state index < -0.39 is 0 Å². The van der Waals surface area contributed by atoms with Gasteiger partial charge in [-0.3, -0.25) is 0 Å². The number of hydrogen-bond acceptors (Lipinski definition) is 2. The van der Waals surface area contributed by atoms with Crippen LogP contribution in [0.5, 0.6) is 11.5 Å². The van der Waals surface area contributed by atoms with E-state index in [1.165, 1.54) is 6.07 Å². The highest BCUT2D eigenvalue weighted by atomic mass is 19.1. The molecule has 2 N–H and O–H groups in total. The van der Waals surface area contributed by atoms with Crippen molar-refractivity contribution >= 4 is 0 Å². The maximum atomic E-state index is 13.9. The van der Waals surface area contributed by atoms with E-state index in [9.17, 15) is 4.39 Å². The molecule has 0 amide bonds. The fourth-order valence-electron chi connectivity index (χ4n) is 1.85. The van der Waals surface area contributed by atoms with Crippen LogP contribution < -0.4 is 10.5 Å².